The molecule has 172 valence electrons. The highest BCUT2D eigenvalue weighted by Crippen LogP contribution is 2.46. The molecule has 33 heavy (non-hydrogen) atoms. The lowest BCUT2D eigenvalue weighted by Crippen LogP contribution is -2.54. The number of carbonyl (C=O) groups is 1. The van der Waals surface area contributed by atoms with E-state index in [1.165, 1.54) is 19.1 Å². The number of H-pyrrole nitrogens is 1. The smallest absolute Gasteiger partial charge is 0.326 e. The Hall–Kier alpha value is -3.23. The zero-order chi connectivity index (χ0) is 23.5. The second-order valence-corrected chi connectivity index (χ2v) is 8.98. The highest BCUT2D eigenvalue weighted by atomic mass is 19.4. The number of hydrogen-bond donors (Lipinski definition) is 1. The summed E-state index contributed by atoms with van der Waals surface area (Å²) in [5.74, 6) is 0.406. The molecule has 9 heteroatoms. The van der Waals surface area contributed by atoms with Gasteiger partial charge in [0, 0.05) is 23.4 Å². The van der Waals surface area contributed by atoms with Crippen molar-refractivity contribution >= 4 is 5.91 Å². The molecule has 1 N–H and O–H groups in total. The van der Waals surface area contributed by atoms with Gasteiger partial charge in [-0.25, -0.2) is 9.97 Å². The van der Waals surface area contributed by atoms with Crippen molar-refractivity contribution in [2.45, 2.75) is 58.3 Å². The molecule has 0 spiro atoms. The molecule has 3 atom stereocenters. The Morgan fingerprint density at radius 1 is 1.15 bits per heavy atom. The molecule has 0 saturated carbocycles. The summed E-state index contributed by atoms with van der Waals surface area (Å²) in [5, 5.41) is 7.01. The fourth-order valence-electron chi connectivity index (χ4n) is 5.35. The number of benzene rings is 1. The van der Waals surface area contributed by atoms with E-state index in [0.29, 0.717) is 18.7 Å². The van der Waals surface area contributed by atoms with Crippen molar-refractivity contribution in [2.24, 2.45) is 5.92 Å². The molecule has 0 radical (unpaired) electrons. The molecular formula is C24H24F3N5O. The topological polar surface area (TPSA) is 74.8 Å². The Labute approximate surface area is 189 Å². The number of piperidine rings is 1. The predicted octanol–water partition coefficient (Wildman–Crippen LogP) is 5.04. The third kappa shape index (κ3) is 3.50. The van der Waals surface area contributed by atoms with Crippen LogP contribution in [0.1, 0.15) is 64.4 Å². The molecule has 0 aliphatic carbocycles. The fraction of sp³-hybridized carbons (Fsp3) is 0.417. The number of nitrogens with one attached hydrogen (secondary N) is 1. The van der Waals surface area contributed by atoms with Crippen molar-refractivity contribution < 1.29 is 18.0 Å². The molecule has 2 aromatic heterocycles. The summed E-state index contributed by atoms with van der Waals surface area (Å²) in [6.07, 6.45) is -0.680. The zero-order valence-electron chi connectivity index (χ0n) is 18.6. The summed E-state index contributed by atoms with van der Waals surface area (Å²) >= 11 is 0. The monoisotopic (exact) mass is 455 g/mol. The fourth-order valence-corrected chi connectivity index (χ4v) is 5.35. The van der Waals surface area contributed by atoms with Gasteiger partial charge < -0.3 is 4.90 Å². The quantitative estimate of drug-likeness (QED) is 0.588. The van der Waals surface area contributed by atoms with E-state index >= 15 is 0 Å². The van der Waals surface area contributed by atoms with Gasteiger partial charge in [-0.3, -0.25) is 9.89 Å². The van der Waals surface area contributed by atoms with Crippen molar-refractivity contribution in [3.8, 4) is 11.4 Å². The van der Waals surface area contributed by atoms with Crippen molar-refractivity contribution in [3.63, 3.8) is 0 Å². The largest absolute Gasteiger partial charge is 0.416 e. The number of carbonyl (C=O) groups excluding carboxylic acids is 1. The van der Waals surface area contributed by atoms with E-state index in [4.69, 9.17) is 4.98 Å². The molecule has 4 heterocycles. The lowest BCUT2D eigenvalue weighted by atomic mass is 9.76. The van der Waals surface area contributed by atoms with E-state index in [-0.39, 0.29) is 35.0 Å². The van der Waals surface area contributed by atoms with Crippen molar-refractivity contribution in [1.29, 1.82) is 0 Å². The number of nitrogens with zero attached hydrogens (tertiary/aromatic N) is 4. The van der Waals surface area contributed by atoms with E-state index in [1.54, 1.807) is 18.0 Å². The zero-order valence-corrected chi connectivity index (χ0v) is 18.6. The summed E-state index contributed by atoms with van der Waals surface area (Å²) in [5.41, 5.74) is 2.62. The lowest BCUT2D eigenvalue weighted by Gasteiger charge is -2.49. The van der Waals surface area contributed by atoms with Crippen molar-refractivity contribution in [1.82, 2.24) is 25.1 Å². The second kappa shape index (κ2) is 7.67. The van der Waals surface area contributed by atoms with Gasteiger partial charge in [0.05, 0.1) is 28.7 Å². The summed E-state index contributed by atoms with van der Waals surface area (Å²) in [7, 11) is 0. The van der Waals surface area contributed by atoms with Crippen LogP contribution in [0.25, 0.3) is 11.4 Å². The number of amides is 1. The van der Waals surface area contributed by atoms with Crippen LogP contribution < -0.4 is 0 Å². The van der Waals surface area contributed by atoms with Crippen molar-refractivity contribution in [2.75, 3.05) is 0 Å². The van der Waals surface area contributed by atoms with Crippen LogP contribution in [0.15, 0.2) is 30.5 Å². The van der Waals surface area contributed by atoms with Crippen LogP contribution >= 0.6 is 0 Å². The number of fused-ring (bicyclic) bond motifs is 4. The van der Waals surface area contributed by atoms with Crippen LogP contribution in [0.2, 0.25) is 0 Å². The SMILES string of the molecule is Cc1nc(-c2ccn[nH]2)c2c(n1)[C@@H]1CCC(C)[C@H](C2)N1C(=O)c1cccc(C(F)(F)F)c1C. The van der Waals surface area contributed by atoms with E-state index in [0.717, 1.165) is 35.1 Å². The first-order valence-electron chi connectivity index (χ1n) is 11.0. The molecule has 5 rings (SSSR count). The minimum absolute atomic E-state index is 0.0384. The number of halogens is 3. The molecule has 1 fully saturated rings. The average molecular weight is 455 g/mol. The van der Waals surface area contributed by atoms with Gasteiger partial charge in [-0.15, -0.1) is 0 Å². The molecule has 1 aromatic carbocycles. The molecule has 1 amide bonds. The van der Waals surface area contributed by atoms with Gasteiger partial charge >= 0.3 is 6.18 Å². The number of rotatable bonds is 2. The highest BCUT2D eigenvalue weighted by Gasteiger charge is 2.46. The second-order valence-electron chi connectivity index (χ2n) is 8.98. The van der Waals surface area contributed by atoms with E-state index in [9.17, 15) is 18.0 Å². The van der Waals surface area contributed by atoms with E-state index in [1.807, 2.05) is 6.07 Å². The van der Waals surface area contributed by atoms with Crippen LogP contribution in [0.3, 0.4) is 0 Å². The van der Waals surface area contributed by atoms with Crippen molar-refractivity contribution in [3.05, 3.63) is 64.2 Å². The van der Waals surface area contributed by atoms with Gasteiger partial charge in [-0.05, 0) is 62.8 Å². The van der Waals surface area contributed by atoms with Gasteiger partial charge in [0.2, 0.25) is 0 Å². The van der Waals surface area contributed by atoms with Gasteiger partial charge in [0.1, 0.15) is 5.82 Å². The Kier molecular flexibility index (Phi) is 5.02. The first-order valence-corrected chi connectivity index (χ1v) is 11.0. The first kappa shape index (κ1) is 21.6. The van der Waals surface area contributed by atoms with Crippen LogP contribution in [0, 0.1) is 19.8 Å². The summed E-state index contributed by atoms with van der Waals surface area (Å²) in [4.78, 5) is 24.9. The summed E-state index contributed by atoms with van der Waals surface area (Å²) < 4.78 is 40.5. The number of aromatic nitrogens is 4. The normalized spacial score (nSPS) is 22.2. The van der Waals surface area contributed by atoms with Crippen LogP contribution in [-0.2, 0) is 12.6 Å². The maximum absolute atomic E-state index is 13.8. The maximum atomic E-state index is 13.8. The molecule has 2 aliphatic heterocycles. The van der Waals surface area contributed by atoms with Gasteiger partial charge in [0.25, 0.3) is 5.91 Å². The number of aromatic amines is 1. The van der Waals surface area contributed by atoms with Crippen LogP contribution in [0.4, 0.5) is 13.2 Å². The maximum Gasteiger partial charge on any atom is 0.416 e. The average Bonchev–Trinajstić information content (AvgIpc) is 3.29. The molecule has 2 aliphatic rings. The van der Waals surface area contributed by atoms with E-state index in [2.05, 4.69) is 22.1 Å². The Morgan fingerprint density at radius 3 is 2.64 bits per heavy atom. The Balaban J connectivity index is 1.63. The minimum atomic E-state index is -4.51. The number of aryl methyl sites for hydroxylation is 1. The number of hydrogen-bond acceptors (Lipinski definition) is 4. The summed E-state index contributed by atoms with van der Waals surface area (Å²) in [6.45, 7) is 5.27. The molecule has 1 saturated heterocycles. The standard InChI is InChI=1S/C24H24F3N5O/c1-12-7-8-19-22-16(21(29-14(3)30-22)18-9-10-28-31-18)11-20(12)32(19)23(33)15-5-4-6-17(13(15)2)24(25,26)27/h4-6,9-10,12,19-20H,7-8,11H2,1-3H3,(H,28,31)/t12?,19-,20-/m0/s1. The summed E-state index contributed by atoms with van der Waals surface area (Å²) in [6, 6.07) is 5.22. The highest BCUT2D eigenvalue weighted by molar-refractivity contribution is 5.97. The predicted molar refractivity (Wildman–Crippen MR) is 115 cm³/mol. The molecular weight excluding hydrogens is 431 g/mol. The molecule has 6 nitrogen and oxygen atoms in total. The molecule has 3 aromatic rings. The Bertz CT molecular complexity index is 1220. The first-order chi connectivity index (χ1) is 15.7. The van der Waals surface area contributed by atoms with E-state index < -0.39 is 11.7 Å². The minimum Gasteiger partial charge on any atom is -0.326 e. The van der Waals surface area contributed by atoms with Gasteiger partial charge in [-0.2, -0.15) is 18.3 Å². The Morgan fingerprint density at radius 2 is 1.94 bits per heavy atom. The third-order valence-corrected chi connectivity index (χ3v) is 6.99. The van der Waals surface area contributed by atoms with Gasteiger partial charge in [-0.1, -0.05) is 13.0 Å². The lowest BCUT2D eigenvalue weighted by molar-refractivity contribution is -0.138. The molecule has 2 bridgehead atoms. The van der Waals surface area contributed by atoms with Gasteiger partial charge in [0.15, 0.2) is 0 Å². The number of alkyl halides is 3. The molecule has 1 unspecified atom stereocenters. The van der Waals surface area contributed by atoms with Crippen LogP contribution in [-0.4, -0.2) is 37.0 Å². The van der Waals surface area contributed by atoms with Crippen LogP contribution in [0.5, 0.6) is 0 Å². The third-order valence-electron chi connectivity index (χ3n) is 6.99.